The second-order valence-corrected chi connectivity index (χ2v) is 11.4. The number of carbonyl (C=O) groups is 1. The van der Waals surface area contributed by atoms with Gasteiger partial charge in [0.2, 0.25) is 0 Å². The first-order valence-corrected chi connectivity index (χ1v) is 14.2. The van der Waals surface area contributed by atoms with Crippen LogP contribution in [-0.2, 0) is 4.79 Å². The van der Waals surface area contributed by atoms with Crippen LogP contribution < -0.4 is 9.47 Å². The Hall–Kier alpha value is -2.55. The predicted octanol–water partition coefficient (Wildman–Crippen LogP) is 7.05. The molecule has 1 N–H and O–H groups in total. The number of likely N-dealkylation sites (tertiary alicyclic amines) is 1. The minimum absolute atomic E-state index is 0.0438. The number of hydrogen-bond acceptors (Lipinski definition) is 6. The molecular weight excluding hydrogens is 527 g/mol. The second kappa shape index (κ2) is 13.0. The monoisotopic (exact) mass is 560 g/mol. The molecule has 3 aromatic rings. The molecule has 204 valence electrons. The summed E-state index contributed by atoms with van der Waals surface area (Å²) in [5.74, 6) is 1.56. The van der Waals surface area contributed by atoms with E-state index in [9.17, 15) is 9.90 Å². The molecule has 1 saturated heterocycles. The number of hydrogen-bond donors (Lipinski definition) is 1. The molecule has 4 rings (SSSR count). The lowest BCUT2D eigenvalue weighted by Crippen LogP contribution is -2.42. The molecule has 0 spiro atoms. The normalized spacial score (nSPS) is 16.3. The van der Waals surface area contributed by atoms with Crippen molar-refractivity contribution in [3.63, 3.8) is 0 Å². The van der Waals surface area contributed by atoms with Crippen molar-refractivity contribution in [3.05, 3.63) is 59.2 Å². The first-order valence-electron chi connectivity index (χ1n) is 12.8. The van der Waals surface area contributed by atoms with Crippen LogP contribution in [0.2, 0.25) is 5.02 Å². The van der Waals surface area contributed by atoms with Gasteiger partial charge >= 0.3 is 5.97 Å². The van der Waals surface area contributed by atoms with E-state index < -0.39 is 17.6 Å². The van der Waals surface area contributed by atoms with Gasteiger partial charge in [-0.05, 0) is 74.5 Å². The highest BCUT2D eigenvalue weighted by atomic mass is 35.5. The third-order valence-corrected chi connectivity index (χ3v) is 8.82. The van der Waals surface area contributed by atoms with Gasteiger partial charge in [-0.25, -0.2) is 4.39 Å². The van der Waals surface area contributed by atoms with Gasteiger partial charge in [0.1, 0.15) is 17.7 Å². The molecule has 2 heterocycles. The number of pyridine rings is 1. The van der Waals surface area contributed by atoms with Gasteiger partial charge in [-0.3, -0.25) is 9.78 Å². The van der Waals surface area contributed by atoms with Gasteiger partial charge in [-0.15, -0.1) is 11.8 Å². The van der Waals surface area contributed by atoms with Crippen molar-refractivity contribution in [1.82, 2.24) is 9.88 Å². The Morgan fingerprint density at radius 1 is 1.21 bits per heavy atom. The molecule has 1 fully saturated rings. The number of alkyl halides is 1. The van der Waals surface area contributed by atoms with Gasteiger partial charge in [-0.2, -0.15) is 0 Å². The molecular formula is C29H34ClFN2O4S. The minimum Gasteiger partial charge on any atom is -0.497 e. The topological polar surface area (TPSA) is 71.9 Å². The van der Waals surface area contributed by atoms with Crippen molar-refractivity contribution < 1.29 is 23.8 Å². The zero-order chi connectivity index (χ0) is 27.1. The number of benzene rings is 2. The summed E-state index contributed by atoms with van der Waals surface area (Å²) >= 11 is 8.17. The van der Waals surface area contributed by atoms with Crippen LogP contribution in [0.4, 0.5) is 4.39 Å². The lowest BCUT2D eigenvalue weighted by atomic mass is 9.71. The number of methoxy groups -OCH3 is 2. The highest BCUT2D eigenvalue weighted by Crippen LogP contribution is 2.44. The Morgan fingerprint density at radius 3 is 2.68 bits per heavy atom. The smallest absolute Gasteiger partial charge is 0.303 e. The predicted molar refractivity (Wildman–Crippen MR) is 150 cm³/mol. The van der Waals surface area contributed by atoms with Gasteiger partial charge in [0, 0.05) is 34.3 Å². The van der Waals surface area contributed by atoms with Crippen LogP contribution in [0.5, 0.6) is 11.5 Å². The average Bonchev–Trinajstić information content (AvgIpc) is 2.92. The lowest BCUT2D eigenvalue weighted by Gasteiger charge is -2.41. The maximum absolute atomic E-state index is 15.8. The van der Waals surface area contributed by atoms with Crippen LogP contribution in [-0.4, -0.2) is 60.6 Å². The van der Waals surface area contributed by atoms with Crippen LogP contribution in [0.1, 0.15) is 43.8 Å². The molecule has 1 aliphatic heterocycles. The number of rotatable bonds is 12. The number of carboxylic acid groups (broad SMARTS) is 1. The lowest BCUT2D eigenvalue weighted by molar-refractivity contribution is -0.141. The van der Waals surface area contributed by atoms with E-state index in [-0.39, 0.29) is 17.9 Å². The Kier molecular flexibility index (Phi) is 9.74. The van der Waals surface area contributed by atoms with Gasteiger partial charge < -0.3 is 19.5 Å². The summed E-state index contributed by atoms with van der Waals surface area (Å²) in [6.45, 7) is 2.50. The highest BCUT2D eigenvalue weighted by molar-refractivity contribution is 7.99. The van der Waals surface area contributed by atoms with Crippen LogP contribution in [0.3, 0.4) is 0 Å². The third kappa shape index (κ3) is 6.90. The number of aromatic nitrogens is 1. The Labute approximate surface area is 232 Å². The first kappa shape index (κ1) is 28.5. The Morgan fingerprint density at radius 2 is 1.97 bits per heavy atom. The number of thioether (sulfide) groups is 1. The molecule has 1 aromatic heterocycles. The van der Waals surface area contributed by atoms with E-state index >= 15 is 4.39 Å². The summed E-state index contributed by atoms with van der Waals surface area (Å²) in [6, 6.07) is 13.3. The number of fused-ring (bicyclic) bond motifs is 1. The Balaban J connectivity index is 1.38. The van der Waals surface area contributed by atoms with Crippen molar-refractivity contribution in [2.45, 2.75) is 43.2 Å². The van der Waals surface area contributed by atoms with E-state index in [1.54, 1.807) is 44.2 Å². The quantitative estimate of drug-likeness (QED) is 0.238. The molecule has 1 atom stereocenters. The molecule has 6 nitrogen and oxygen atoms in total. The zero-order valence-electron chi connectivity index (χ0n) is 21.8. The van der Waals surface area contributed by atoms with Gasteiger partial charge in [0.05, 0.1) is 31.2 Å². The summed E-state index contributed by atoms with van der Waals surface area (Å²) in [5, 5.41) is 10.6. The van der Waals surface area contributed by atoms with Crippen LogP contribution >= 0.6 is 23.4 Å². The van der Waals surface area contributed by atoms with Crippen molar-refractivity contribution >= 4 is 40.2 Å². The van der Waals surface area contributed by atoms with Crippen molar-refractivity contribution in [3.8, 4) is 11.5 Å². The van der Waals surface area contributed by atoms with Gasteiger partial charge in [0.25, 0.3) is 0 Å². The fourth-order valence-corrected chi connectivity index (χ4v) is 6.61. The molecule has 0 aliphatic carbocycles. The summed E-state index contributed by atoms with van der Waals surface area (Å²) in [4.78, 5) is 19.6. The van der Waals surface area contributed by atoms with Gasteiger partial charge in [-0.1, -0.05) is 23.7 Å². The van der Waals surface area contributed by atoms with E-state index in [2.05, 4.69) is 16.0 Å². The van der Waals surface area contributed by atoms with E-state index in [1.807, 2.05) is 18.2 Å². The molecule has 0 unspecified atom stereocenters. The molecule has 2 aromatic carbocycles. The van der Waals surface area contributed by atoms with Crippen LogP contribution in [0.25, 0.3) is 10.9 Å². The molecule has 38 heavy (non-hydrogen) atoms. The third-order valence-electron chi connectivity index (χ3n) is 7.49. The zero-order valence-corrected chi connectivity index (χ0v) is 23.4. The molecule has 0 saturated carbocycles. The summed E-state index contributed by atoms with van der Waals surface area (Å²) in [5.41, 5.74) is 0.606. The molecule has 0 amide bonds. The number of halogens is 2. The standard InChI is InChI=1S/C29H34ClFN2O4S/c1-36-20-7-8-24-21(17-20)28(22(30)19-32-24)23(31)9-10-29(18-27(34)35)11-13-33(14-12-29)15-16-38-26-6-4-3-5-25(26)37-2/h3-8,17,19,23H,9-16,18H2,1-2H3,(H,34,35)/t23-/m0/s1. The molecule has 0 bridgehead atoms. The highest BCUT2D eigenvalue weighted by Gasteiger charge is 2.37. The number of nitrogens with zero attached hydrogens (tertiary/aromatic N) is 2. The maximum atomic E-state index is 15.8. The van der Waals surface area contributed by atoms with Crippen molar-refractivity contribution in [1.29, 1.82) is 0 Å². The number of aliphatic carboxylic acids is 1. The largest absolute Gasteiger partial charge is 0.497 e. The fraction of sp³-hybridized carbons (Fsp3) is 0.448. The van der Waals surface area contributed by atoms with E-state index in [1.165, 1.54) is 6.20 Å². The maximum Gasteiger partial charge on any atom is 0.303 e. The Bertz CT molecular complexity index is 1250. The average molecular weight is 561 g/mol. The summed E-state index contributed by atoms with van der Waals surface area (Å²) < 4.78 is 26.5. The van der Waals surface area contributed by atoms with Crippen molar-refractivity contribution in [2.24, 2.45) is 5.41 Å². The summed E-state index contributed by atoms with van der Waals surface area (Å²) in [6.07, 6.45) is 2.32. The number of ether oxygens (including phenoxy) is 2. The number of carboxylic acids is 1. The summed E-state index contributed by atoms with van der Waals surface area (Å²) in [7, 11) is 3.24. The van der Waals surface area contributed by atoms with Crippen molar-refractivity contribution in [2.75, 3.05) is 39.6 Å². The number of para-hydroxylation sites is 1. The van der Waals surface area contributed by atoms with E-state index in [0.717, 1.165) is 48.9 Å². The SMILES string of the molecule is COc1ccc2ncc(Cl)c([C@@H](F)CCC3(CC(=O)O)CCN(CCSc4ccccc4OC)CC3)c2c1. The first-order chi connectivity index (χ1) is 18.3. The van der Waals surface area contributed by atoms with E-state index in [0.29, 0.717) is 28.6 Å². The molecule has 9 heteroatoms. The minimum atomic E-state index is -1.33. The molecule has 1 aliphatic rings. The second-order valence-electron chi connectivity index (χ2n) is 9.82. The van der Waals surface area contributed by atoms with Gasteiger partial charge in [0.15, 0.2) is 0 Å². The molecule has 0 radical (unpaired) electrons. The van der Waals surface area contributed by atoms with Crippen LogP contribution in [0.15, 0.2) is 53.6 Å². The fourth-order valence-electron chi connectivity index (χ4n) is 5.30. The van der Waals surface area contributed by atoms with E-state index in [4.69, 9.17) is 21.1 Å². The number of piperidine rings is 1. The van der Waals surface area contributed by atoms with Crippen LogP contribution in [0, 0.1) is 5.41 Å².